The molecule has 0 bridgehead atoms. The van der Waals surface area contributed by atoms with E-state index in [0.29, 0.717) is 0 Å². The molecule has 5 heteroatoms. The van der Waals surface area contributed by atoms with E-state index in [1.54, 1.807) is 10.8 Å². The lowest BCUT2D eigenvalue weighted by molar-refractivity contribution is -0.141. The van der Waals surface area contributed by atoms with E-state index in [2.05, 4.69) is 4.74 Å². The molecule has 2 N–H and O–H groups in total. The molecule has 100 valence electrons. The van der Waals surface area contributed by atoms with Gasteiger partial charge in [0, 0.05) is 24.5 Å². The maximum Gasteiger partial charge on any atom is 0.307 e. The molecule has 0 fully saturated rings. The van der Waals surface area contributed by atoms with Crippen molar-refractivity contribution in [3.05, 3.63) is 36.0 Å². The van der Waals surface area contributed by atoms with Crippen LogP contribution in [0.15, 0.2) is 30.5 Å². The lowest BCUT2D eigenvalue weighted by Crippen LogP contribution is -2.16. The van der Waals surface area contributed by atoms with Gasteiger partial charge >= 0.3 is 5.97 Å². The van der Waals surface area contributed by atoms with Crippen molar-refractivity contribution in [3.63, 3.8) is 0 Å². The summed E-state index contributed by atoms with van der Waals surface area (Å²) in [5.41, 5.74) is 7.60. The Labute approximate surface area is 110 Å². The molecule has 2 rings (SSSR count). The van der Waals surface area contributed by atoms with Gasteiger partial charge in [-0.3, -0.25) is 14.2 Å². The van der Waals surface area contributed by atoms with Gasteiger partial charge < -0.3 is 10.5 Å². The fourth-order valence-electron chi connectivity index (χ4n) is 2.13. The van der Waals surface area contributed by atoms with Crippen molar-refractivity contribution >= 4 is 22.8 Å². The van der Waals surface area contributed by atoms with E-state index < -0.39 is 6.04 Å². The Morgan fingerprint density at radius 1 is 1.37 bits per heavy atom. The molecular weight excluding hydrogens is 244 g/mol. The highest BCUT2D eigenvalue weighted by atomic mass is 16.5. The second-order valence-electron chi connectivity index (χ2n) is 4.38. The average molecular weight is 260 g/mol. The first-order valence-electron chi connectivity index (χ1n) is 5.98. The molecule has 0 saturated carbocycles. The van der Waals surface area contributed by atoms with Gasteiger partial charge in [-0.05, 0) is 11.6 Å². The molecule has 19 heavy (non-hydrogen) atoms. The molecule has 0 aliphatic rings. The van der Waals surface area contributed by atoms with E-state index in [-0.39, 0.29) is 18.3 Å². The van der Waals surface area contributed by atoms with Crippen LogP contribution in [0.3, 0.4) is 0 Å². The highest BCUT2D eigenvalue weighted by Gasteiger charge is 2.18. The van der Waals surface area contributed by atoms with E-state index >= 15 is 0 Å². The lowest BCUT2D eigenvalue weighted by Gasteiger charge is -2.08. The molecule has 2 aromatic rings. The minimum atomic E-state index is -0.488. The predicted octanol–water partition coefficient (Wildman–Crippen LogP) is 1.86. The maximum absolute atomic E-state index is 11.6. The van der Waals surface area contributed by atoms with Crippen LogP contribution in [-0.4, -0.2) is 23.6 Å². The Hall–Kier alpha value is -2.14. The number of para-hydroxylation sites is 1. The zero-order chi connectivity index (χ0) is 14.0. The highest BCUT2D eigenvalue weighted by molar-refractivity contribution is 5.94. The number of esters is 1. The van der Waals surface area contributed by atoms with Crippen molar-refractivity contribution in [3.8, 4) is 0 Å². The molecule has 1 heterocycles. The molecule has 0 unspecified atom stereocenters. The first-order valence-corrected chi connectivity index (χ1v) is 5.98. The van der Waals surface area contributed by atoms with Crippen molar-refractivity contribution in [2.45, 2.75) is 19.4 Å². The number of methoxy groups -OCH3 is 1. The zero-order valence-corrected chi connectivity index (χ0v) is 10.9. The number of carbonyl (C=O) groups excluding carboxylic acids is 2. The number of hydrogen-bond acceptors (Lipinski definition) is 4. The summed E-state index contributed by atoms with van der Waals surface area (Å²) in [6.07, 6.45) is 1.78. The van der Waals surface area contributed by atoms with Gasteiger partial charge in [0.05, 0.1) is 19.0 Å². The van der Waals surface area contributed by atoms with Gasteiger partial charge in [0.25, 0.3) is 0 Å². The summed E-state index contributed by atoms with van der Waals surface area (Å²) in [5.74, 6) is -0.458. The van der Waals surface area contributed by atoms with Crippen molar-refractivity contribution in [1.82, 2.24) is 4.57 Å². The quantitative estimate of drug-likeness (QED) is 0.855. The monoisotopic (exact) mass is 260 g/mol. The normalized spacial score (nSPS) is 12.4. The van der Waals surface area contributed by atoms with Crippen LogP contribution in [0.4, 0.5) is 0 Å². The van der Waals surface area contributed by atoms with Gasteiger partial charge in [-0.15, -0.1) is 0 Å². The van der Waals surface area contributed by atoms with Crippen LogP contribution in [-0.2, 0) is 9.53 Å². The van der Waals surface area contributed by atoms with Crippen molar-refractivity contribution < 1.29 is 14.3 Å². The van der Waals surface area contributed by atoms with Crippen molar-refractivity contribution in [2.75, 3.05) is 7.11 Å². The van der Waals surface area contributed by atoms with Crippen LogP contribution in [0.5, 0.6) is 0 Å². The van der Waals surface area contributed by atoms with Gasteiger partial charge in [-0.2, -0.15) is 0 Å². The van der Waals surface area contributed by atoms with Crippen LogP contribution in [0.1, 0.15) is 29.7 Å². The third-order valence-corrected chi connectivity index (χ3v) is 3.10. The second-order valence-corrected chi connectivity index (χ2v) is 4.38. The molecular formula is C14H16N2O3. The number of hydrogen-bond donors (Lipinski definition) is 1. The molecule has 0 aliphatic carbocycles. The summed E-state index contributed by atoms with van der Waals surface area (Å²) in [6.45, 7) is 1.49. The van der Waals surface area contributed by atoms with Gasteiger partial charge in [-0.25, -0.2) is 0 Å². The second kappa shape index (κ2) is 5.24. The van der Waals surface area contributed by atoms with Gasteiger partial charge in [0.15, 0.2) is 0 Å². The molecule has 0 aliphatic heterocycles. The Balaban J connectivity index is 2.49. The predicted molar refractivity (Wildman–Crippen MR) is 71.8 cm³/mol. The molecule has 0 radical (unpaired) electrons. The van der Waals surface area contributed by atoms with Gasteiger partial charge in [0.1, 0.15) is 0 Å². The van der Waals surface area contributed by atoms with Crippen LogP contribution in [0, 0.1) is 0 Å². The molecule has 1 aromatic heterocycles. The topological polar surface area (TPSA) is 74.3 Å². The smallest absolute Gasteiger partial charge is 0.307 e. The number of fused-ring (bicyclic) bond motifs is 1. The summed E-state index contributed by atoms with van der Waals surface area (Å²) in [7, 11) is 1.33. The van der Waals surface area contributed by atoms with Crippen molar-refractivity contribution in [2.24, 2.45) is 5.73 Å². The standard InChI is InChI=1S/C14H16N2O3/c1-9(17)16-8-11(12(15)7-14(18)19-2)10-5-3-4-6-13(10)16/h3-6,8,12H,7,15H2,1-2H3/t12-/m0/s1. The van der Waals surface area contributed by atoms with E-state index in [1.807, 2.05) is 24.3 Å². The number of carbonyl (C=O) groups is 2. The highest BCUT2D eigenvalue weighted by Crippen LogP contribution is 2.27. The molecule has 0 saturated heterocycles. The van der Waals surface area contributed by atoms with Gasteiger partial charge in [0.2, 0.25) is 5.91 Å². The number of ether oxygens (including phenoxy) is 1. The lowest BCUT2D eigenvalue weighted by atomic mass is 10.0. The summed E-state index contributed by atoms with van der Waals surface area (Å²) in [6, 6.07) is 6.99. The van der Waals surface area contributed by atoms with E-state index in [4.69, 9.17) is 5.73 Å². The third-order valence-electron chi connectivity index (χ3n) is 3.10. The Kier molecular flexibility index (Phi) is 3.66. The summed E-state index contributed by atoms with van der Waals surface area (Å²) in [5, 5.41) is 0.883. The Morgan fingerprint density at radius 3 is 2.68 bits per heavy atom. The SMILES string of the molecule is COC(=O)C[C@H](N)c1cn(C(C)=O)c2ccccc12. The summed E-state index contributed by atoms with van der Waals surface area (Å²) < 4.78 is 6.16. The van der Waals surface area contributed by atoms with Crippen LogP contribution in [0.25, 0.3) is 10.9 Å². The van der Waals surface area contributed by atoms with Gasteiger partial charge in [-0.1, -0.05) is 18.2 Å². The third kappa shape index (κ3) is 2.51. The average Bonchev–Trinajstić information content (AvgIpc) is 2.78. The fraction of sp³-hybridized carbons (Fsp3) is 0.286. The largest absolute Gasteiger partial charge is 0.469 e. The van der Waals surface area contributed by atoms with E-state index in [1.165, 1.54) is 14.0 Å². The van der Waals surface area contributed by atoms with E-state index in [0.717, 1.165) is 16.5 Å². The first-order chi connectivity index (χ1) is 9.04. The zero-order valence-electron chi connectivity index (χ0n) is 10.9. The molecule has 0 amide bonds. The van der Waals surface area contributed by atoms with Crippen LogP contribution >= 0.6 is 0 Å². The summed E-state index contributed by atoms with van der Waals surface area (Å²) >= 11 is 0. The molecule has 1 aromatic carbocycles. The maximum atomic E-state index is 11.6. The summed E-state index contributed by atoms with van der Waals surface area (Å²) in [4.78, 5) is 22.9. The number of benzene rings is 1. The Morgan fingerprint density at radius 2 is 2.05 bits per heavy atom. The molecule has 5 nitrogen and oxygen atoms in total. The number of aromatic nitrogens is 1. The van der Waals surface area contributed by atoms with Crippen LogP contribution in [0.2, 0.25) is 0 Å². The van der Waals surface area contributed by atoms with Crippen LogP contribution < -0.4 is 5.73 Å². The Bertz CT molecular complexity index is 631. The molecule has 0 spiro atoms. The van der Waals surface area contributed by atoms with Crippen molar-refractivity contribution in [1.29, 1.82) is 0 Å². The number of nitrogens with two attached hydrogens (primary N) is 1. The van der Waals surface area contributed by atoms with E-state index in [9.17, 15) is 9.59 Å². The minimum Gasteiger partial charge on any atom is -0.469 e. The number of nitrogens with zero attached hydrogens (tertiary/aromatic N) is 1. The fourth-order valence-corrected chi connectivity index (χ4v) is 2.13. The minimum absolute atomic E-state index is 0.0857. The first kappa shape index (κ1) is 13.3. The number of rotatable bonds is 3. The molecule has 1 atom stereocenters.